The Morgan fingerprint density at radius 1 is 1.15 bits per heavy atom. The monoisotopic (exact) mass is 453 g/mol. The lowest BCUT2D eigenvalue weighted by molar-refractivity contribution is -0.111. The van der Waals surface area contributed by atoms with E-state index in [1.807, 2.05) is 4.90 Å². The fraction of sp³-hybridized carbons (Fsp3) is 0.174. The summed E-state index contributed by atoms with van der Waals surface area (Å²) < 4.78 is 34.0. The average Bonchev–Trinajstić information content (AvgIpc) is 2.81. The molecule has 0 aliphatic carbocycles. The van der Waals surface area contributed by atoms with Gasteiger partial charge in [-0.05, 0) is 42.5 Å². The van der Waals surface area contributed by atoms with Crippen LogP contribution in [0, 0.1) is 11.6 Å². The zero-order valence-corrected chi connectivity index (χ0v) is 17.5. The average molecular weight is 453 g/mol. The Balaban J connectivity index is 1.62. The lowest BCUT2D eigenvalue weighted by Crippen LogP contribution is -2.36. The van der Waals surface area contributed by atoms with E-state index in [1.165, 1.54) is 6.07 Å². The van der Waals surface area contributed by atoms with E-state index < -0.39 is 17.5 Å². The van der Waals surface area contributed by atoms with Gasteiger partial charge in [0.05, 0.1) is 25.1 Å². The van der Waals surface area contributed by atoms with Gasteiger partial charge in [0, 0.05) is 30.0 Å². The molecule has 0 bridgehead atoms. The van der Waals surface area contributed by atoms with Crippen molar-refractivity contribution in [3.05, 3.63) is 66.9 Å². The third-order valence-corrected chi connectivity index (χ3v) is 4.95. The molecular formula is C23H21F2N5O3. The number of phenols is 1. The zero-order valence-electron chi connectivity index (χ0n) is 17.5. The maximum absolute atomic E-state index is 14.5. The Morgan fingerprint density at radius 3 is 2.70 bits per heavy atom. The quantitative estimate of drug-likeness (QED) is 0.385. The summed E-state index contributed by atoms with van der Waals surface area (Å²) >= 11 is 0. The minimum absolute atomic E-state index is 0.0750. The van der Waals surface area contributed by atoms with Crippen molar-refractivity contribution in [3.8, 4) is 17.0 Å². The Morgan fingerprint density at radius 2 is 1.94 bits per heavy atom. The number of rotatable bonds is 6. The van der Waals surface area contributed by atoms with Gasteiger partial charge in [-0.1, -0.05) is 6.58 Å². The Bertz CT molecular complexity index is 1200. The molecule has 0 saturated carbocycles. The van der Waals surface area contributed by atoms with Gasteiger partial charge in [0.2, 0.25) is 11.9 Å². The molecule has 0 atom stereocenters. The fourth-order valence-corrected chi connectivity index (χ4v) is 3.41. The molecule has 33 heavy (non-hydrogen) atoms. The molecule has 1 saturated heterocycles. The lowest BCUT2D eigenvalue weighted by atomic mass is 10.1. The van der Waals surface area contributed by atoms with Crippen LogP contribution in [-0.2, 0) is 9.53 Å². The molecule has 1 aliphatic heterocycles. The van der Waals surface area contributed by atoms with E-state index >= 15 is 0 Å². The Hall–Kier alpha value is -4.05. The molecule has 4 rings (SSSR count). The minimum Gasteiger partial charge on any atom is -0.506 e. The summed E-state index contributed by atoms with van der Waals surface area (Å²) in [5.41, 5.74) is 1.31. The summed E-state index contributed by atoms with van der Waals surface area (Å²) in [6.45, 7) is 5.74. The minimum atomic E-state index is -0.758. The summed E-state index contributed by atoms with van der Waals surface area (Å²) in [7, 11) is 0. The molecule has 1 aromatic heterocycles. The van der Waals surface area contributed by atoms with E-state index in [-0.39, 0.29) is 28.6 Å². The first-order chi connectivity index (χ1) is 15.9. The molecular weight excluding hydrogens is 432 g/mol. The largest absolute Gasteiger partial charge is 0.506 e. The SMILES string of the molecule is C=CC(=O)Nc1cc(F)cc(-c2nc(Nc3ccc(O)c(N4CCOCC4)c3)ncc2F)c1. The maximum Gasteiger partial charge on any atom is 0.247 e. The van der Waals surface area contributed by atoms with Crippen molar-refractivity contribution in [2.45, 2.75) is 0 Å². The predicted octanol–water partition coefficient (Wildman–Crippen LogP) is 3.83. The number of phenolic OH excluding ortho intramolecular Hbond substituents is 1. The molecule has 0 unspecified atom stereocenters. The number of aromatic nitrogens is 2. The number of morpholine rings is 1. The zero-order chi connectivity index (χ0) is 23.4. The highest BCUT2D eigenvalue weighted by molar-refractivity contribution is 5.99. The van der Waals surface area contributed by atoms with Gasteiger partial charge >= 0.3 is 0 Å². The normalized spacial score (nSPS) is 13.5. The van der Waals surface area contributed by atoms with E-state index in [2.05, 4.69) is 27.2 Å². The van der Waals surface area contributed by atoms with Gasteiger partial charge in [-0.25, -0.2) is 18.7 Å². The van der Waals surface area contributed by atoms with Crippen molar-refractivity contribution < 1.29 is 23.4 Å². The lowest BCUT2D eigenvalue weighted by Gasteiger charge is -2.29. The van der Waals surface area contributed by atoms with Gasteiger partial charge in [-0.3, -0.25) is 4.79 Å². The first-order valence-corrected chi connectivity index (χ1v) is 10.1. The number of carbonyl (C=O) groups excluding carboxylic acids is 1. The molecule has 1 aliphatic rings. The van der Waals surface area contributed by atoms with Crippen molar-refractivity contribution in [1.82, 2.24) is 9.97 Å². The third kappa shape index (κ3) is 5.24. The molecule has 2 heterocycles. The summed E-state index contributed by atoms with van der Waals surface area (Å²) in [6.07, 6.45) is 2.02. The number of nitrogens with one attached hydrogen (secondary N) is 2. The van der Waals surface area contributed by atoms with Gasteiger partial charge in [0.15, 0.2) is 5.82 Å². The summed E-state index contributed by atoms with van der Waals surface area (Å²) in [5, 5.41) is 15.7. The van der Waals surface area contributed by atoms with Crippen LogP contribution in [0.3, 0.4) is 0 Å². The van der Waals surface area contributed by atoms with E-state index in [0.717, 1.165) is 24.4 Å². The first kappa shape index (κ1) is 22.2. The van der Waals surface area contributed by atoms with Crippen LogP contribution in [0.15, 0.2) is 55.3 Å². The van der Waals surface area contributed by atoms with E-state index in [4.69, 9.17) is 4.74 Å². The summed E-state index contributed by atoms with van der Waals surface area (Å²) in [6, 6.07) is 8.52. The molecule has 3 N–H and O–H groups in total. The molecule has 3 aromatic rings. The predicted molar refractivity (Wildman–Crippen MR) is 121 cm³/mol. The van der Waals surface area contributed by atoms with Gasteiger partial charge in [-0.15, -0.1) is 0 Å². The third-order valence-electron chi connectivity index (χ3n) is 4.95. The van der Waals surface area contributed by atoms with Gasteiger partial charge in [-0.2, -0.15) is 0 Å². The van der Waals surface area contributed by atoms with Crippen LogP contribution in [-0.4, -0.2) is 47.3 Å². The number of anilines is 4. The van der Waals surface area contributed by atoms with Crippen LogP contribution < -0.4 is 15.5 Å². The van der Waals surface area contributed by atoms with E-state index in [0.29, 0.717) is 37.7 Å². The van der Waals surface area contributed by atoms with Gasteiger partial charge in [0.25, 0.3) is 0 Å². The number of amides is 1. The van der Waals surface area contributed by atoms with Crippen LogP contribution in [0.1, 0.15) is 0 Å². The van der Waals surface area contributed by atoms with Crippen LogP contribution in [0.4, 0.5) is 31.8 Å². The Kier molecular flexibility index (Phi) is 6.45. The van der Waals surface area contributed by atoms with E-state index in [1.54, 1.807) is 18.2 Å². The van der Waals surface area contributed by atoms with Crippen LogP contribution in [0.2, 0.25) is 0 Å². The number of hydrogen-bond acceptors (Lipinski definition) is 7. The van der Waals surface area contributed by atoms with Crippen molar-refractivity contribution in [2.75, 3.05) is 41.8 Å². The molecule has 0 radical (unpaired) electrons. The highest BCUT2D eigenvalue weighted by atomic mass is 19.1. The molecule has 1 amide bonds. The summed E-state index contributed by atoms with van der Waals surface area (Å²) in [4.78, 5) is 21.7. The van der Waals surface area contributed by atoms with Crippen molar-refractivity contribution >= 4 is 28.9 Å². The summed E-state index contributed by atoms with van der Waals surface area (Å²) in [5.74, 6) is -1.76. The molecule has 0 spiro atoms. The van der Waals surface area contributed by atoms with Gasteiger partial charge in [0.1, 0.15) is 17.3 Å². The number of carbonyl (C=O) groups is 1. The smallest absolute Gasteiger partial charge is 0.247 e. The Labute approximate surface area is 188 Å². The van der Waals surface area contributed by atoms with Crippen LogP contribution >= 0.6 is 0 Å². The first-order valence-electron chi connectivity index (χ1n) is 10.1. The highest BCUT2D eigenvalue weighted by Crippen LogP contribution is 2.32. The van der Waals surface area contributed by atoms with Crippen molar-refractivity contribution in [2.24, 2.45) is 0 Å². The molecule has 8 nitrogen and oxygen atoms in total. The number of halogens is 2. The second-order valence-corrected chi connectivity index (χ2v) is 7.24. The molecule has 170 valence electrons. The standard InChI is InChI=1S/C23H21F2N5O3/c1-2-21(32)27-17-10-14(9-15(24)11-17)22-18(25)13-26-23(29-22)28-16-3-4-20(31)19(12-16)30-5-7-33-8-6-30/h2-4,9-13,31H,1,5-8H2,(H,27,32)(H,26,28,29). The van der Waals surface area contributed by atoms with Crippen molar-refractivity contribution in [1.29, 1.82) is 0 Å². The second kappa shape index (κ2) is 9.61. The number of hydrogen-bond donors (Lipinski definition) is 3. The van der Waals surface area contributed by atoms with Crippen molar-refractivity contribution in [3.63, 3.8) is 0 Å². The number of aromatic hydroxyl groups is 1. The highest BCUT2D eigenvalue weighted by Gasteiger charge is 2.17. The fourth-order valence-electron chi connectivity index (χ4n) is 3.41. The second-order valence-electron chi connectivity index (χ2n) is 7.24. The molecule has 10 heteroatoms. The van der Waals surface area contributed by atoms with Crippen LogP contribution in [0.25, 0.3) is 11.3 Å². The number of ether oxygens (including phenoxy) is 1. The molecule has 2 aromatic carbocycles. The van der Waals surface area contributed by atoms with Crippen LogP contribution in [0.5, 0.6) is 5.75 Å². The maximum atomic E-state index is 14.5. The molecule has 1 fully saturated rings. The number of benzene rings is 2. The number of nitrogens with zero attached hydrogens (tertiary/aromatic N) is 3. The van der Waals surface area contributed by atoms with E-state index in [9.17, 15) is 18.7 Å². The topological polar surface area (TPSA) is 99.6 Å². The van der Waals surface area contributed by atoms with Gasteiger partial charge < -0.3 is 25.4 Å².